The van der Waals surface area contributed by atoms with Gasteiger partial charge in [-0.15, -0.1) is 0 Å². The van der Waals surface area contributed by atoms with E-state index in [2.05, 4.69) is 53.6 Å². The maximum Gasteiger partial charge on any atom is 0.319 e. The molecule has 1 fully saturated rings. The van der Waals surface area contributed by atoms with Gasteiger partial charge < -0.3 is 15.2 Å². The van der Waals surface area contributed by atoms with E-state index in [-0.39, 0.29) is 17.6 Å². The van der Waals surface area contributed by atoms with Crippen LogP contribution in [0.4, 0.5) is 10.5 Å². The largest absolute Gasteiger partial charge is 0.335 e. The second-order valence-electron chi connectivity index (χ2n) is 9.07. The van der Waals surface area contributed by atoms with Crippen LogP contribution in [0.5, 0.6) is 0 Å². The van der Waals surface area contributed by atoms with Crippen molar-refractivity contribution in [3.63, 3.8) is 0 Å². The highest BCUT2D eigenvalue weighted by atomic mass is 16.2. The van der Waals surface area contributed by atoms with E-state index >= 15 is 0 Å². The summed E-state index contributed by atoms with van der Waals surface area (Å²) in [5.74, 6) is 0.330. The maximum atomic E-state index is 12.8. The van der Waals surface area contributed by atoms with Crippen molar-refractivity contribution < 1.29 is 4.79 Å². The second-order valence-corrected chi connectivity index (χ2v) is 9.07. The van der Waals surface area contributed by atoms with E-state index in [1.54, 1.807) is 10.8 Å². The number of anilines is 1. The van der Waals surface area contributed by atoms with Gasteiger partial charge in [0, 0.05) is 49.2 Å². The zero-order valence-electron chi connectivity index (χ0n) is 18.9. The Bertz CT molecular complexity index is 1120. The summed E-state index contributed by atoms with van der Waals surface area (Å²) in [5.41, 5.74) is 1.96. The Hall–Kier alpha value is -3.12. The van der Waals surface area contributed by atoms with Crippen LogP contribution >= 0.6 is 0 Å². The second kappa shape index (κ2) is 10.0. The molecule has 0 bridgehead atoms. The van der Waals surface area contributed by atoms with E-state index in [4.69, 9.17) is 0 Å². The molecule has 4 rings (SSSR count). The lowest BCUT2D eigenvalue weighted by molar-refractivity contribution is 0.190. The number of piperidine rings is 1. The van der Waals surface area contributed by atoms with Gasteiger partial charge in [-0.05, 0) is 30.4 Å². The first-order valence-corrected chi connectivity index (χ1v) is 11.5. The molecule has 0 saturated carbocycles. The topological polar surface area (TPSA) is 66.4 Å². The highest BCUT2D eigenvalue weighted by molar-refractivity contribution is 6.01. The number of amides is 2. The number of fused-ring (bicyclic) bond motifs is 1. The Labute approximate surface area is 189 Å². The number of rotatable bonds is 6. The van der Waals surface area contributed by atoms with Crippen LogP contribution in [0.3, 0.4) is 0 Å². The van der Waals surface area contributed by atoms with Crippen LogP contribution < -0.4 is 16.2 Å². The molecular formula is C26H32N4O2. The average Bonchev–Trinajstić information content (AvgIpc) is 2.79. The van der Waals surface area contributed by atoms with Crippen LogP contribution in [0, 0.1) is 5.92 Å². The van der Waals surface area contributed by atoms with Crippen LogP contribution in [0.2, 0.25) is 0 Å². The van der Waals surface area contributed by atoms with E-state index < -0.39 is 0 Å². The molecule has 2 amide bonds. The first kappa shape index (κ1) is 22.1. The van der Waals surface area contributed by atoms with Crippen LogP contribution in [-0.2, 0) is 13.1 Å². The monoisotopic (exact) mass is 432 g/mol. The third-order valence-electron chi connectivity index (χ3n) is 5.98. The molecule has 6 heteroatoms. The van der Waals surface area contributed by atoms with Gasteiger partial charge >= 0.3 is 6.03 Å². The molecule has 0 unspecified atom stereocenters. The lowest BCUT2D eigenvalue weighted by atomic mass is 10.0. The molecule has 0 radical (unpaired) electrons. The number of hydrogen-bond acceptors (Lipinski definition) is 3. The summed E-state index contributed by atoms with van der Waals surface area (Å²) < 4.78 is 1.70. The summed E-state index contributed by atoms with van der Waals surface area (Å²) in [6.45, 7) is 7.63. The summed E-state index contributed by atoms with van der Waals surface area (Å²) in [6.07, 6.45) is 3.62. The van der Waals surface area contributed by atoms with Crippen LogP contribution in [-0.4, -0.2) is 34.6 Å². The molecule has 2 heterocycles. The maximum absolute atomic E-state index is 12.8. The third kappa shape index (κ3) is 5.37. The van der Waals surface area contributed by atoms with Crippen LogP contribution in [0.15, 0.2) is 65.6 Å². The molecule has 1 aliphatic rings. The Balaban J connectivity index is 1.39. The van der Waals surface area contributed by atoms with E-state index in [0.717, 1.165) is 37.9 Å². The standard InChI is InChI=1S/C26H32N4O2/c1-19(2)16-30-18-24(22-10-6-7-11-23(22)25(30)31)28-26(32)27-21-12-14-29(15-13-21)17-20-8-4-3-5-9-20/h3-11,18-19,21H,12-17H2,1-2H3,(H2,27,28,32). The number of benzene rings is 2. The quantitative estimate of drug-likeness (QED) is 0.605. The molecule has 32 heavy (non-hydrogen) atoms. The van der Waals surface area contributed by atoms with Gasteiger partial charge in [0.05, 0.1) is 5.69 Å². The smallest absolute Gasteiger partial charge is 0.319 e. The Kier molecular flexibility index (Phi) is 6.90. The zero-order valence-corrected chi connectivity index (χ0v) is 18.9. The molecule has 0 atom stereocenters. The van der Waals surface area contributed by atoms with Crippen molar-refractivity contribution in [2.75, 3.05) is 18.4 Å². The molecule has 1 saturated heterocycles. The highest BCUT2D eigenvalue weighted by Gasteiger charge is 2.21. The minimum atomic E-state index is -0.216. The first-order chi connectivity index (χ1) is 15.5. The van der Waals surface area contributed by atoms with Gasteiger partial charge in [0.2, 0.25) is 0 Å². The molecular weight excluding hydrogens is 400 g/mol. The normalized spacial score (nSPS) is 15.2. The lowest BCUT2D eigenvalue weighted by Crippen LogP contribution is -2.45. The number of likely N-dealkylation sites (tertiary alicyclic amines) is 1. The fraction of sp³-hybridized carbons (Fsp3) is 0.385. The SMILES string of the molecule is CC(C)Cn1cc(NC(=O)NC2CCN(Cc3ccccc3)CC2)c2ccccc2c1=O. The zero-order chi connectivity index (χ0) is 22.5. The van der Waals surface area contributed by atoms with Gasteiger partial charge in [-0.25, -0.2) is 4.79 Å². The summed E-state index contributed by atoms with van der Waals surface area (Å²) >= 11 is 0. The molecule has 1 aromatic heterocycles. The summed E-state index contributed by atoms with van der Waals surface area (Å²) in [5, 5.41) is 7.52. The van der Waals surface area contributed by atoms with Crippen molar-refractivity contribution in [2.24, 2.45) is 5.92 Å². The van der Waals surface area contributed by atoms with Crippen LogP contribution in [0.25, 0.3) is 10.8 Å². The number of aromatic nitrogens is 1. The van der Waals surface area contributed by atoms with Crippen molar-refractivity contribution in [1.82, 2.24) is 14.8 Å². The Morgan fingerprint density at radius 2 is 1.66 bits per heavy atom. The fourth-order valence-electron chi connectivity index (χ4n) is 4.39. The predicted molar refractivity (Wildman–Crippen MR) is 130 cm³/mol. The number of hydrogen-bond donors (Lipinski definition) is 2. The van der Waals surface area contributed by atoms with Gasteiger partial charge in [-0.1, -0.05) is 62.4 Å². The van der Waals surface area contributed by atoms with Crippen molar-refractivity contribution in [2.45, 2.75) is 45.8 Å². The molecule has 1 aliphatic heterocycles. The highest BCUT2D eigenvalue weighted by Crippen LogP contribution is 2.21. The van der Waals surface area contributed by atoms with Gasteiger partial charge in [-0.2, -0.15) is 0 Å². The summed E-state index contributed by atoms with van der Waals surface area (Å²) in [6, 6.07) is 17.9. The molecule has 0 spiro atoms. The first-order valence-electron chi connectivity index (χ1n) is 11.5. The van der Waals surface area contributed by atoms with E-state index in [1.165, 1.54) is 5.56 Å². The van der Waals surface area contributed by atoms with Gasteiger partial charge in [0.25, 0.3) is 5.56 Å². The van der Waals surface area contributed by atoms with Crippen molar-refractivity contribution in [3.05, 3.63) is 76.7 Å². The van der Waals surface area contributed by atoms with Gasteiger partial charge in [-0.3, -0.25) is 9.69 Å². The van der Waals surface area contributed by atoms with Gasteiger partial charge in [0.15, 0.2) is 0 Å². The molecule has 6 nitrogen and oxygen atoms in total. The Morgan fingerprint density at radius 3 is 2.34 bits per heavy atom. The number of nitrogens with one attached hydrogen (secondary N) is 2. The molecule has 2 N–H and O–H groups in total. The minimum absolute atomic E-state index is 0.0222. The van der Waals surface area contributed by atoms with Gasteiger partial charge in [0.1, 0.15) is 0 Å². The van der Waals surface area contributed by atoms with Crippen molar-refractivity contribution >= 4 is 22.5 Å². The molecule has 0 aliphatic carbocycles. The number of carbonyl (C=O) groups excluding carboxylic acids is 1. The number of nitrogens with zero attached hydrogens (tertiary/aromatic N) is 2. The summed E-state index contributed by atoms with van der Waals surface area (Å²) in [4.78, 5) is 28.0. The Morgan fingerprint density at radius 1 is 1.00 bits per heavy atom. The average molecular weight is 433 g/mol. The van der Waals surface area contributed by atoms with E-state index in [1.807, 2.05) is 30.3 Å². The molecule has 168 valence electrons. The lowest BCUT2D eigenvalue weighted by Gasteiger charge is -2.32. The molecule has 3 aromatic rings. The third-order valence-corrected chi connectivity index (χ3v) is 5.98. The number of carbonyl (C=O) groups is 1. The van der Waals surface area contributed by atoms with E-state index in [9.17, 15) is 9.59 Å². The molecule has 2 aromatic carbocycles. The fourth-order valence-corrected chi connectivity index (χ4v) is 4.39. The number of pyridine rings is 1. The summed E-state index contributed by atoms with van der Waals surface area (Å²) in [7, 11) is 0. The van der Waals surface area contributed by atoms with E-state index in [0.29, 0.717) is 23.5 Å². The predicted octanol–water partition coefficient (Wildman–Crippen LogP) is 4.44. The van der Waals surface area contributed by atoms with Crippen LogP contribution in [0.1, 0.15) is 32.3 Å². The minimum Gasteiger partial charge on any atom is -0.335 e. The number of urea groups is 1. The van der Waals surface area contributed by atoms with Crippen molar-refractivity contribution in [3.8, 4) is 0 Å². The van der Waals surface area contributed by atoms with Crippen molar-refractivity contribution in [1.29, 1.82) is 0 Å².